The van der Waals surface area contributed by atoms with Crippen LogP contribution in [-0.2, 0) is 9.84 Å². The number of sulfone groups is 1. The van der Waals surface area contributed by atoms with Crippen LogP contribution in [0.15, 0.2) is 10.3 Å². The van der Waals surface area contributed by atoms with Gasteiger partial charge >= 0.3 is 0 Å². The van der Waals surface area contributed by atoms with Crippen LogP contribution in [-0.4, -0.2) is 34.8 Å². The van der Waals surface area contributed by atoms with Gasteiger partial charge in [-0.1, -0.05) is 10.3 Å². The average Bonchev–Trinajstić information content (AvgIpc) is 1.97. The van der Waals surface area contributed by atoms with Crippen LogP contribution in [0.3, 0.4) is 0 Å². The monoisotopic (exact) mass is 208 g/mol. The van der Waals surface area contributed by atoms with Gasteiger partial charge in [0.05, 0.1) is 4.75 Å². The van der Waals surface area contributed by atoms with Crippen molar-refractivity contribution in [2.24, 2.45) is 10.3 Å². The first-order valence-electron chi connectivity index (χ1n) is 3.41. The van der Waals surface area contributed by atoms with Crippen molar-refractivity contribution in [3.63, 3.8) is 0 Å². The molecule has 0 heterocycles. The molecule has 6 nitrogen and oxygen atoms in total. The summed E-state index contributed by atoms with van der Waals surface area (Å²) in [6, 6.07) is 0. The molecule has 0 spiro atoms. The minimum absolute atomic E-state index is 0.570. The predicted octanol–water partition coefficient (Wildman–Crippen LogP) is 0.447. The Morgan fingerprint density at radius 1 is 1.31 bits per heavy atom. The van der Waals surface area contributed by atoms with Crippen LogP contribution in [0.5, 0.6) is 0 Å². The molecule has 0 bridgehead atoms. The molecule has 0 aliphatic rings. The Morgan fingerprint density at radius 2 is 1.77 bits per heavy atom. The van der Waals surface area contributed by atoms with E-state index in [1.54, 1.807) is 0 Å². The van der Waals surface area contributed by atoms with Crippen LogP contribution in [0, 0.1) is 0 Å². The number of nitrogens with zero attached hydrogens (tertiary/aromatic N) is 2. The van der Waals surface area contributed by atoms with Gasteiger partial charge in [-0.2, -0.15) is 0 Å². The highest BCUT2D eigenvalue weighted by atomic mass is 32.2. The van der Waals surface area contributed by atoms with Crippen molar-refractivity contribution in [2.45, 2.75) is 25.5 Å². The summed E-state index contributed by atoms with van der Waals surface area (Å²) < 4.78 is 21.9. The lowest BCUT2D eigenvalue weighted by atomic mass is 10.3. The van der Waals surface area contributed by atoms with Crippen molar-refractivity contribution in [1.82, 2.24) is 0 Å². The van der Waals surface area contributed by atoms with Gasteiger partial charge in [0, 0.05) is 0 Å². The SMILES string of the molecule is CC(C)(C)S(=O)(=O)C(C=NO)=NO. The van der Waals surface area contributed by atoms with E-state index in [0.717, 1.165) is 0 Å². The molecule has 0 atom stereocenters. The largest absolute Gasteiger partial charge is 0.411 e. The van der Waals surface area contributed by atoms with Crippen LogP contribution >= 0.6 is 0 Å². The second-order valence-electron chi connectivity index (χ2n) is 3.30. The summed E-state index contributed by atoms with van der Waals surface area (Å²) in [7, 11) is -3.76. The van der Waals surface area contributed by atoms with E-state index in [-0.39, 0.29) is 0 Å². The number of oxime groups is 2. The molecule has 0 aromatic heterocycles. The molecule has 0 aliphatic heterocycles. The van der Waals surface area contributed by atoms with Crippen LogP contribution < -0.4 is 0 Å². The predicted molar refractivity (Wildman–Crippen MR) is 48.2 cm³/mol. The van der Waals surface area contributed by atoms with E-state index in [2.05, 4.69) is 10.3 Å². The van der Waals surface area contributed by atoms with Gasteiger partial charge in [0.2, 0.25) is 14.9 Å². The van der Waals surface area contributed by atoms with E-state index in [0.29, 0.717) is 6.21 Å². The van der Waals surface area contributed by atoms with Crippen LogP contribution in [0.25, 0.3) is 0 Å². The molecule has 0 amide bonds. The van der Waals surface area contributed by atoms with Crippen molar-refractivity contribution < 1.29 is 18.8 Å². The normalized spacial score (nSPS) is 15.2. The highest BCUT2D eigenvalue weighted by Gasteiger charge is 2.34. The molecule has 0 radical (unpaired) electrons. The molecule has 0 aliphatic carbocycles. The maximum atomic E-state index is 11.5. The van der Waals surface area contributed by atoms with Crippen molar-refractivity contribution in [3.8, 4) is 0 Å². The summed E-state index contributed by atoms with van der Waals surface area (Å²) >= 11 is 0. The summed E-state index contributed by atoms with van der Waals surface area (Å²) in [5.74, 6) is 0. The minimum atomic E-state index is -3.76. The molecule has 76 valence electrons. The quantitative estimate of drug-likeness (QED) is 0.283. The van der Waals surface area contributed by atoms with Crippen LogP contribution in [0.1, 0.15) is 20.8 Å². The van der Waals surface area contributed by atoms with E-state index in [1.165, 1.54) is 20.8 Å². The van der Waals surface area contributed by atoms with Crippen molar-refractivity contribution in [1.29, 1.82) is 0 Å². The van der Waals surface area contributed by atoms with Gasteiger partial charge in [-0.05, 0) is 20.8 Å². The molecule has 0 aromatic rings. The third-order valence-electron chi connectivity index (χ3n) is 1.35. The standard InChI is InChI=1S/C6H12N2O4S/c1-6(2,3)13(11,12)5(8-10)4-7-9/h4,9-10H,1-3H3. The topological polar surface area (TPSA) is 99.3 Å². The minimum Gasteiger partial charge on any atom is -0.411 e. The molecule has 7 heteroatoms. The fraction of sp³-hybridized carbons (Fsp3) is 0.667. The number of rotatable bonds is 1. The Bertz CT molecular complexity index is 323. The number of hydrogen-bond donors (Lipinski definition) is 2. The second-order valence-corrected chi connectivity index (χ2v) is 5.95. The molecule has 13 heavy (non-hydrogen) atoms. The lowest BCUT2D eigenvalue weighted by Crippen LogP contribution is -2.35. The van der Waals surface area contributed by atoms with Crippen molar-refractivity contribution in [3.05, 3.63) is 0 Å². The van der Waals surface area contributed by atoms with E-state index < -0.39 is 19.6 Å². The molecular weight excluding hydrogens is 196 g/mol. The Labute approximate surface area is 76.5 Å². The molecular formula is C6H12N2O4S. The zero-order valence-electron chi connectivity index (χ0n) is 7.59. The third kappa shape index (κ3) is 2.41. The molecule has 0 unspecified atom stereocenters. The summed E-state index contributed by atoms with van der Waals surface area (Å²) in [4.78, 5) is 0. The Hall–Kier alpha value is -1.11. The third-order valence-corrected chi connectivity index (χ3v) is 3.70. The highest BCUT2D eigenvalue weighted by molar-refractivity contribution is 8.09. The lowest BCUT2D eigenvalue weighted by molar-refractivity contribution is 0.316. The van der Waals surface area contributed by atoms with E-state index >= 15 is 0 Å². The molecule has 0 saturated heterocycles. The lowest BCUT2D eigenvalue weighted by Gasteiger charge is -2.17. The van der Waals surface area contributed by atoms with Crippen molar-refractivity contribution in [2.75, 3.05) is 0 Å². The zero-order chi connectivity index (χ0) is 10.7. The van der Waals surface area contributed by atoms with Gasteiger partial charge in [0.25, 0.3) is 0 Å². The van der Waals surface area contributed by atoms with E-state index in [9.17, 15) is 8.42 Å². The van der Waals surface area contributed by atoms with E-state index in [1.807, 2.05) is 0 Å². The molecule has 2 N–H and O–H groups in total. The van der Waals surface area contributed by atoms with Gasteiger partial charge in [0.1, 0.15) is 6.21 Å². The first-order chi connectivity index (χ1) is 5.77. The van der Waals surface area contributed by atoms with E-state index in [4.69, 9.17) is 10.4 Å². The summed E-state index contributed by atoms with van der Waals surface area (Å²) in [6.45, 7) is 4.33. The summed E-state index contributed by atoms with van der Waals surface area (Å²) in [5, 5.41) is 20.8. The molecule has 0 aromatic carbocycles. The van der Waals surface area contributed by atoms with Gasteiger partial charge in [-0.25, -0.2) is 8.42 Å². The van der Waals surface area contributed by atoms with Crippen molar-refractivity contribution >= 4 is 21.1 Å². The first-order valence-corrected chi connectivity index (χ1v) is 4.90. The van der Waals surface area contributed by atoms with Gasteiger partial charge in [0.15, 0.2) is 0 Å². The maximum Gasteiger partial charge on any atom is 0.216 e. The zero-order valence-corrected chi connectivity index (χ0v) is 8.41. The first kappa shape index (κ1) is 11.9. The smallest absolute Gasteiger partial charge is 0.216 e. The summed E-state index contributed by atoms with van der Waals surface area (Å²) in [5.41, 5.74) is 0. The molecule has 0 rings (SSSR count). The van der Waals surface area contributed by atoms with Gasteiger partial charge in [-0.15, -0.1) is 0 Å². The Balaban J connectivity index is 5.30. The second kappa shape index (κ2) is 3.73. The fourth-order valence-electron chi connectivity index (χ4n) is 0.512. The van der Waals surface area contributed by atoms with Crippen LogP contribution in [0.2, 0.25) is 0 Å². The van der Waals surface area contributed by atoms with Gasteiger partial charge in [-0.3, -0.25) is 0 Å². The Kier molecular flexibility index (Phi) is 3.42. The Morgan fingerprint density at radius 3 is 2.00 bits per heavy atom. The van der Waals surface area contributed by atoms with Crippen LogP contribution in [0.4, 0.5) is 0 Å². The highest BCUT2D eigenvalue weighted by Crippen LogP contribution is 2.16. The summed E-state index contributed by atoms with van der Waals surface area (Å²) in [6.07, 6.45) is 0.570. The molecule has 0 fully saturated rings. The average molecular weight is 208 g/mol. The maximum absolute atomic E-state index is 11.5. The fourth-order valence-corrected chi connectivity index (χ4v) is 1.43. The molecule has 0 saturated carbocycles. The number of hydrogen-bond acceptors (Lipinski definition) is 6. The van der Waals surface area contributed by atoms with Gasteiger partial charge < -0.3 is 10.4 Å².